The molecule has 16 heavy (non-hydrogen) atoms. The average molecular weight is 253 g/mol. The van der Waals surface area contributed by atoms with Gasteiger partial charge in [0.15, 0.2) is 0 Å². The molecule has 0 amide bonds. The molecule has 2 nitrogen and oxygen atoms in total. The van der Waals surface area contributed by atoms with Crippen molar-refractivity contribution in [1.29, 1.82) is 0 Å². The van der Waals surface area contributed by atoms with E-state index in [1.54, 1.807) is 11.3 Å². The fourth-order valence-electron chi connectivity index (χ4n) is 1.65. The van der Waals surface area contributed by atoms with E-state index in [9.17, 15) is 0 Å². The van der Waals surface area contributed by atoms with Gasteiger partial charge in [-0.2, -0.15) is 0 Å². The Hall–Kier alpha value is -1.19. The molecular weight excluding hydrogens is 240 g/mol. The number of para-hydroxylation sites is 1. The van der Waals surface area contributed by atoms with E-state index in [4.69, 9.17) is 17.3 Å². The molecule has 0 bridgehead atoms. The second-order valence-electron chi connectivity index (χ2n) is 3.61. The first-order valence-electron chi connectivity index (χ1n) is 4.96. The molecule has 0 atom stereocenters. The zero-order valence-corrected chi connectivity index (χ0v) is 10.6. The van der Waals surface area contributed by atoms with Gasteiger partial charge in [-0.15, -0.1) is 11.3 Å². The lowest BCUT2D eigenvalue weighted by Crippen LogP contribution is -2.17. The summed E-state index contributed by atoms with van der Waals surface area (Å²) in [4.78, 5) is 3.37. The molecule has 0 radical (unpaired) electrons. The van der Waals surface area contributed by atoms with Crippen LogP contribution in [0.25, 0.3) is 0 Å². The van der Waals surface area contributed by atoms with Gasteiger partial charge >= 0.3 is 0 Å². The normalized spacial score (nSPS) is 10.4. The molecule has 0 spiro atoms. The summed E-state index contributed by atoms with van der Waals surface area (Å²) in [5, 5.41) is 2.76. The summed E-state index contributed by atoms with van der Waals surface area (Å²) in [6, 6.07) is 9.74. The summed E-state index contributed by atoms with van der Waals surface area (Å²) >= 11 is 7.88. The zero-order chi connectivity index (χ0) is 11.5. The molecule has 1 heterocycles. The van der Waals surface area contributed by atoms with Crippen molar-refractivity contribution in [1.82, 2.24) is 0 Å². The Morgan fingerprint density at radius 1 is 1.31 bits per heavy atom. The zero-order valence-electron chi connectivity index (χ0n) is 8.98. The number of halogens is 1. The Kier molecular flexibility index (Phi) is 3.36. The van der Waals surface area contributed by atoms with E-state index in [1.807, 2.05) is 31.3 Å². The number of hydrogen-bond acceptors (Lipinski definition) is 3. The van der Waals surface area contributed by atoms with Crippen LogP contribution in [0.5, 0.6) is 0 Å². The minimum absolute atomic E-state index is 0.694. The van der Waals surface area contributed by atoms with Crippen molar-refractivity contribution in [3.05, 3.63) is 45.6 Å². The summed E-state index contributed by atoms with van der Waals surface area (Å²) < 4.78 is 0. The lowest BCUT2D eigenvalue weighted by molar-refractivity contribution is 0.942. The lowest BCUT2D eigenvalue weighted by atomic mass is 10.2. The third-order valence-electron chi connectivity index (χ3n) is 2.37. The highest BCUT2D eigenvalue weighted by Crippen LogP contribution is 2.32. The number of nitrogens with two attached hydrogens (primary N) is 1. The monoisotopic (exact) mass is 252 g/mol. The second-order valence-corrected chi connectivity index (χ2v) is 5.05. The quantitative estimate of drug-likeness (QED) is 0.846. The summed E-state index contributed by atoms with van der Waals surface area (Å²) in [5.74, 6) is 0. The molecule has 0 unspecified atom stereocenters. The topological polar surface area (TPSA) is 29.3 Å². The van der Waals surface area contributed by atoms with Crippen molar-refractivity contribution in [3.8, 4) is 0 Å². The molecule has 0 saturated heterocycles. The molecule has 4 heteroatoms. The summed E-state index contributed by atoms with van der Waals surface area (Å²) in [5.41, 5.74) is 7.54. The van der Waals surface area contributed by atoms with Gasteiger partial charge in [-0.1, -0.05) is 23.7 Å². The fraction of sp³-hybridized carbons (Fsp3) is 0.167. The summed E-state index contributed by atoms with van der Waals surface area (Å²) in [7, 11) is 2.00. The predicted octanol–water partition coefficient (Wildman–Crippen LogP) is 3.62. The van der Waals surface area contributed by atoms with E-state index in [-0.39, 0.29) is 0 Å². The number of anilines is 2. The van der Waals surface area contributed by atoms with Crippen LogP contribution in [0.4, 0.5) is 11.4 Å². The van der Waals surface area contributed by atoms with Crippen LogP contribution < -0.4 is 10.6 Å². The Morgan fingerprint density at radius 3 is 2.75 bits per heavy atom. The largest absolute Gasteiger partial charge is 0.397 e. The number of benzene rings is 1. The Bertz CT molecular complexity index is 448. The van der Waals surface area contributed by atoms with Crippen LogP contribution in [0.15, 0.2) is 35.7 Å². The summed E-state index contributed by atoms with van der Waals surface area (Å²) in [6.07, 6.45) is 0. The summed E-state index contributed by atoms with van der Waals surface area (Å²) in [6.45, 7) is 0.825. The first kappa shape index (κ1) is 11.3. The highest BCUT2D eigenvalue weighted by molar-refractivity contribution is 7.09. The highest BCUT2D eigenvalue weighted by Gasteiger charge is 2.10. The van der Waals surface area contributed by atoms with Gasteiger partial charge in [-0.3, -0.25) is 0 Å². The SMILES string of the molecule is CN(Cc1cccs1)c1c(N)cccc1Cl. The third kappa shape index (κ3) is 2.31. The Balaban J connectivity index is 2.24. The maximum atomic E-state index is 6.15. The minimum atomic E-state index is 0.694. The second kappa shape index (κ2) is 4.76. The first-order chi connectivity index (χ1) is 7.68. The van der Waals surface area contributed by atoms with E-state index in [0.29, 0.717) is 10.7 Å². The van der Waals surface area contributed by atoms with E-state index in [2.05, 4.69) is 16.3 Å². The van der Waals surface area contributed by atoms with Crippen molar-refractivity contribution in [2.75, 3.05) is 17.7 Å². The molecule has 2 rings (SSSR count). The maximum absolute atomic E-state index is 6.15. The van der Waals surface area contributed by atoms with Crippen LogP contribution in [0.2, 0.25) is 5.02 Å². The van der Waals surface area contributed by atoms with Crippen molar-refractivity contribution < 1.29 is 0 Å². The molecule has 0 fully saturated rings. The molecule has 0 aliphatic rings. The van der Waals surface area contributed by atoms with Gasteiger partial charge in [0.2, 0.25) is 0 Å². The molecule has 1 aromatic carbocycles. The average Bonchev–Trinajstić information content (AvgIpc) is 2.70. The molecule has 0 aliphatic heterocycles. The number of rotatable bonds is 3. The number of nitrogens with zero attached hydrogens (tertiary/aromatic N) is 1. The van der Waals surface area contributed by atoms with E-state index in [0.717, 1.165) is 12.2 Å². The molecule has 1 aromatic heterocycles. The third-order valence-corrected chi connectivity index (χ3v) is 3.54. The van der Waals surface area contributed by atoms with Gasteiger partial charge in [-0.25, -0.2) is 0 Å². The van der Waals surface area contributed by atoms with Gasteiger partial charge in [0.25, 0.3) is 0 Å². The molecule has 2 aromatic rings. The highest BCUT2D eigenvalue weighted by atomic mass is 35.5. The van der Waals surface area contributed by atoms with Gasteiger partial charge in [0, 0.05) is 11.9 Å². The number of hydrogen-bond donors (Lipinski definition) is 1. The van der Waals surface area contributed by atoms with Gasteiger partial charge < -0.3 is 10.6 Å². The van der Waals surface area contributed by atoms with Crippen molar-refractivity contribution in [2.45, 2.75) is 6.54 Å². The first-order valence-corrected chi connectivity index (χ1v) is 6.22. The lowest BCUT2D eigenvalue weighted by Gasteiger charge is -2.21. The standard InChI is InChI=1S/C12H13ClN2S/c1-15(8-9-4-3-7-16-9)12-10(13)5-2-6-11(12)14/h2-7H,8,14H2,1H3. The van der Waals surface area contributed by atoms with Crippen LogP contribution in [0, 0.1) is 0 Å². The van der Waals surface area contributed by atoms with Gasteiger partial charge in [0.1, 0.15) is 0 Å². The molecule has 84 valence electrons. The van der Waals surface area contributed by atoms with Crippen LogP contribution in [0.1, 0.15) is 4.88 Å². The van der Waals surface area contributed by atoms with E-state index >= 15 is 0 Å². The van der Waals surface area contributed by atoms with Crippen molar-refractivity contribution >= 4 is 34.3 Å². The molecular formula is C12H13ClN2S. The number of thiophene rings is 1. The smallest absolute Gasteiger partial charge is 0.0789 e. The van der Waals surface area contributed by atoms with E-state index in [1.165, 1.54) is 4.88 Å². The molecule has 0 aliphatic carbocycles. The van der Waals surface area contributed by atoms with Crippen LogP contribution in [0.3, 0.4) is 0 Å². The van der Waals surface area contributed by atoms with Crippen molar-refractivity contribution in [3.63, 3.8) is 0 Å². The maximum Gasteiger partial charge on any atom is 0.0789 e. The van der Waals surface area contributed by atoms with Crippen LogP contribution in [-0.2, 0) is 6.54 Å². The minimum Gasteiger partial charge on any atom is -0.397 e. The van der Waals surface area contributed by atoms with Crippen LogP contribution >= 0.6 is 22.9 Å². The predicted molar refractivity (Wildman–Crippen MR) is 72.3 cm³/mol. The molecule has 0 saturated carbocycles. The Labute approximate surface area is 104 Å². The fourth-order valence-corrected chi connectivity index (χ4v) is 2.73. The Morgan fingerprint density at radius 2 is 2.12 bits per heavy atom. The number of nitrogen functional groups attached to an aromatic ring is 1. The van der Waals surface area contributed by atoms with Gasteiger partial charge in [0.05, 0.1) is 22.9 Å². The van der Waals surface area contributed by atoms with Crippen molar-refractivity contribution in [2.24, 2.45) is 0 Å². The van der Waals surface area contributed by atoms with Gasteiger partial charge in [-0.05, 0) is 23.6 Å². The molecule has 2 N–H and O–H groups in total. The van der Waals surface area contributed by atoms with E-state index < -0.39 is 0 Å². The van der Waals surface area contributed by atoms with Crippen LogP contribution in [-0.4, -0.2) is 7.05 Å².